The quantitative estimate of drug-likeness (QED) is 0.803. The Morgan fingerprint density at radius 2 is 2.19 bits per heavy atom. The molecule has 0 aromatic heterocycles. The van der Waals surface area contributed by atoms with Crippen molar-refractivity contribution in [3.63, 3.8) is 0 Å². The fourth-order valence-electron chi connectivity index (χ4n) is 1.79. The van der Waals surface area contributed by atoms with E-state index in [9.17, 15) is 18.0 Å². The van der Waals surface area contributed by atoms with Crippen LogP contribution in [0.3, 0.4) is 0 Å². The zero-order valence-corrected chi connectivity index (χ0v) is 9.31. The SMILES string of the molecule is CN1CC[C@H](CNC(=O)CCC(F)(F)F)C1. The Labute approximate surface area is 93.0 Å². The number of nitrogens with zero attached hydrogens (tertiary/aromatic N) is 1. The van der Waals surface area contributed by atoms with Gasteiger partial charge in [0.1, 0.15) is 0 Å². The lowest BCUT2D eigenvalue weighted by molar-refractivity contribution is -0.144. The maximum absolute atomic E-state index is 11.8. The lowest BCUT2D eigenvalue weighted by atomic mass is 10.1. The third kappa shape index (κ3) is 5.34. The zero-order chi connectivity index (χ0) is 12.2. The van der Waals surface area contributed by atoms with Crippen LogP contribution in [-0.4, -0.2) is 43.7 Å². The molecule has 16 heavy (non-hydrogen) atoms. The summed E-state index contributed by atoms with van der Waals surface area (Å²) in [4.78, 5) is 13.2. The number of carbonyl (C=O) groups is 1. The molecule has 6 heteroatoms. The van der Waals surface area contributed by atoms with Crippen molar-refractivity contribution < 1.29 is 18.0 Å². The molecule has 94 valence electrons. The molecule has 0 radical (unpaired) electrons. The van der Waals surface area contributed by atoms with Crippen molar-refractivity contribution in [3.05, 3.63) is 0 Å². The molecule has 0 aromatic rings. The minimum absolute atomic E-state index is 0.375. The first-order valence-electron chi connectivity index (χ1n) is 5.39. The van der Waals surface area contributed by atoms with Gasteiger partial charge in [0, 0.05) is 19.5 Å². The Morgan fingerprint density at radius 1 is 1.50 bits per heavy atom. The van der Waals surface area contributed by atoms with Gasteiger partial charge in [0.15, 0.2) is 0 Å². The van der Waals surface area contributed by atoms with E-state index >= 15 is 0 Å². The Hall–Kier alpha value is -0.780. The van der Waals surface area contributed by atoms with Crippen molar-refractivity contribution in [3.8, 4) is 0 Å². The molecule has 1 fully saturated rings. The normalized spacial score (nSPS) is 22.4. The molecule has 0 saturated carbocycles. The van der Waals surface area contributed by atoms with E-state index in [2.05, 4.69) is 10.2 Å². The second-order valence-corrected chi connectivity index (χ2v) is 4.34. The average molecular weight is 238 g/mol. The Bertz CT molecular complexity index is 243. The van der Waals surface area contributed by atoms with Gasteiger partial charge in [-0.1, -0.05) is 0 Å². The number of amides is 1. The number of hydrogen-bond donors (Lipinski definition) is 1. The second kappa shape index (κ2) is 5.52. The second-order valence-electron chi connectivity index (χ2n) is 4.34. The first-order valence-corrected chi connectivity index (χ1v) is 5.39. The third-order valence-corrected chi connectivity index (χ3v) is 2.71. The summed E-state index contributed by atoms with van der Waals surface area (Å²) in [6.07, 6.45) is -4.75. The molecule has 1 N–H and O–H groups in total. The summed E-state index contributed by atoms with van der Waals surface area (Å²) >= 11 is 0. The first kappa shape index (κ1) is 13.3. The summed E-state index contributed by atoms with van der Waals surface area (Å²) in [6, 6.07) is 0. The summed E-state index contributed by atoms with van der Waals surface area (Å²) in [5, 5.41) is 2.55. The molecule has 0 unspecified atom stereocenters. The average Bonchev–Trinajstić information content (AvgIpc) is 2.57. The van der Waals surface area contributed by atoms with Crippen LogP contribution < -0.4 is 5.32 Å². The maximum Gasteiger partial charge on any atom is 0.389 e. The lowest BCUT2D eigenvalue weighted by Gasteiger charge is -2.12. The van der Waals surface area contributed by atoms with Crippen molar-refractivity contribution >= 4 is 5.91 Å². The molecule has 0 spiro atoms. The molecule has 1 aliphatic heterocycles. The summed E-state index contributed by atoms with van der Waals surface area (Å²) < 4.78 is 35.5. The molecule has 1 rings (SSSR count). The van der Waals surface area contributed by atoms with E-state index in [1.54, 1.807) is 0 Å². The Balaban J connectivity index is 2.11. The molecule has 0 aromatic carbocycles. The lowest BCUT2D eigenvalue weighted by Crippen LogP contribution is -2.31. The van der Waals surface area contributed by atoms with Crippen LogP contribution in [0, 0.1) is 5.92 Å². The van der Waals surface area contributed by atoms with Crippen LogP contribution in [0.4, 0.5) is 13.2 Å². The van der Waals surface area contributed by atoms with Crippen LogP contribution in [0.2, 0.25) is 0 Å². The Kier molecular flexibility index (Phi) is 4.58. The van der Waals surface area contributed by atoms with Crippen molar-refractivity contribution in [2.24, 2.45) is 5.92 Å². The van der Waals surface area contributed by atoms with Gasteiger partial charge in [0.05, 0.1) is 6.42 Å². The predicted molar refractivity (Wildman–Crippen MR) is 53.9 cm³/mol. The third-order valence-electron chi connectivity index (χ3n) is 2.71. The molecule has 0 aliphatic carbocycles. The van der Waals surface area contributed by atoms with Crippen molar-refractivity contribution in [1.29, 1.82) is 0 Å². The molecule has 1 atom stereocenters. The highest BCUT2D eigenvalue weighted by Crippen LogP contribution is 2.21. The molecule has 1 aliphatic rings. The van der Waals surface area contributed by atoms with Crippen molar-refractivity contribution in [2.75, 3.05) is 26.7 Å². The highest BCUT2D eigenvalue weighted by molar-refractivity contribution is 5.75. The van der Waals surface area contributed by atoms with Gasteiger partial charge in [-0.2, -0.15) is 13.2 Å². The molecule has 0 bridgehead atoms. The number of hydrogen-bond acceptors (Lipinski definition) is 2. The van der Waals surface area contributed by atoms with Crippen LogP contribution >= 0.6 is 0 Å². The molecular weight excluding hydrogens is 221 g/mol. The molecule has 1 saturated heterocycles. The van der Waals surface area contributed by atoms with Gasteiger partial charge in [-0.25, -0.2) is 0 Å². The van der Waals surface area contributed by atoms with Gasteiger partial charge >= 0.3 is 6.18 Å². The summed E-state index contributed by atoms with van der Waals surface area (Å²) in [6.45, 7) is 2.38. The monoisotopic (exact) mass is 238 g/mol. The van der Waals surface area contributed by atoms with E-state index in [1.165, 1.54) is 0 Å². The van der Waals surface area contributed by atoms with Gasteiger partial charge in [0.2, 0.25) is 5.91 Å². The number of rotatable bonds is 4. The van der Waals surface area contributed by atoms with Gasteiger partial charge < -0.3 is 10.2 Å². The maximum atomic E-state index is 11.8. The number of carbonyl (C=O) groups excluding carboxylic acids is 1. The van der Waals surface area contributed by atoms with Crippen molar-refractivity contribution in [2.45, 2.75) is 25.4 Å². The molecule has 1 amide bonds. The standard InChI is InChI=1S/C10H17F3N2O/c1-15-5-3-8(7-15)6-14-9(16)2-4-10(11,12)13/h8H,2-7H2,1H3,(H,14,16)/t8-/m1/s1. The fourth-order valence-corrected chi connectivity index (χ4v) is 1.79. The zero-order valence-electron chi connectivity index (χ0n) is 9.31. The minimum Gasteiger partial charge on any atom is -0.356 e. The van der Waals surface area contributed by atoms with Gasteiger partial charge in [-0.15, -0.1) is 0 Å². The van der Waals surface area contributed by atoms with E-state index in [1.807, 2.05) is 7.05 Å². The van der Waals surface area contributed by atoms with Crippen LogP contribution in [0.5, 0.6) is 0 Å². The van der Waals surface area contributed by atoms with Crippen LogP contribution in [0.15, 0.2) is 0 Å². The Morgan fingerprint density at radius 3 is 2.69 bits per heavy atom. The van der Waals surface area contributed by atoms with E-state index in [4.69, 9.17) is 0 Å². The van der Waals surface area contributed by atoms with E-state index in [0.717, 1.165) is 19.5 Å². The first-order chi connectivity index (χ1) is 7.37. The van der Waals surface area contributed by atoms with E-state index in [0.29, 0.717) is 12.5 Å². The predicted octanol–water partition coefficient (Wildman–Crippen LogP) is 1.40. The molecule has 3 nitrogen and oxygen atoms in total. The highest BCUT2D eigenvalue weighted by atomic mass is 19.4. The van der Waals surface area contributed by atoms with Gasteiger partial charge in [0.25, 0.3) is 0 Å². The van der Waals surface area contributed by atoms with Crippen LogP contribution in [0.25, 0.3) is 0 Å². The fraction of sp³-hybridized carbons (Fsp3) is 0.900. The summed E-state index contributed by atoms with van der Waals surface area (Å²) in [5.74, 6) is -0.133. The summed E-state index contributed by atoms with van der Waals surface area (Å²) in [5.41, 5.74) is 0. The molecule has 1 heterocycles. The van der Waals surface area contributed by atoms with Gasteiger partial charge in [-0.05, 0) is 25.9 Å². The number of nitrogens with one attached hydrogen (secondary N) is 1. The van der Waals surface area contributed by atoms with Crippen molar-refractivity contribution in [1.82, 2.24) is 10.2 Å². The van der Waals surface area contributed by atoms with Crippen LogP contribution in [0.1, 0.15) is 19.3 Å². The highest BCUT2D eigenvalue weighted by Gasteiger charge is 2.28. The topological polar surface area (TPSA) is 32.3 Å². The minimum atomic E-state index is -4.25. The number of alkyl halides is 3. The number of likely N-dealkylation sites (tertiary alicyclic amines) is 1. The number of halogens is 3. The smallest absolute Gasteiger partial charge is 0.356 e. The van der Waals surface area contributed by atoms with Crippen LogP contribution in [-0.2, 0) is 4.79 Å². The molecular formula is C10H17F3N2O. The van der Waals surface area contributed by atoms with E-state index in [-0.39, 0.29) is 0 Å². The van der Waals surface area contributed by atoms with Gasteiger partial charge in [-0.3, -0.25) is 4.79 Å². The largest absolute Gasteiger partial charge is 0.389 e. The van der Waals surface area contributed by atoms with E-state index < -0.39 is 24.9 Å². The summed E-state index contributed by atoms with van der Waals surface area (Å²) in [7, 11) is 1.99.